The van der Waals surface area contributed by atoms with Crippen LogP contribution < -0.4 is 0 Å². The Morgan fingerprint density at radius 1 is 1.24 bits per heavy atom. The molecule has 86 valence electrons. The lowest BCUT2D eigenvalue weighted by atomic mass is 10.00. The van der Waals surface area contributed by atoms with Gasteiger partial charge in [-0.05, 0) is 11.5 Å². The summed E-state index contributed by atoms with van der Waals surface area (Å²) in [5.74, 6) is 0.519. The first-order valence-electron chi connectivity index (χ1n) is 5.66. The molecule has 0 unspecified atom stereocenters. The van der Waals surface area contributed by atoms with Crippen molar-refractivity contribution in [3.05, 3.63) is 41.6 Å². The summed E-state index contributed by atoms with van der Waals surface area (Å²) in [7, 11) is 1.85. The number of hydrogen-bond acceptors (Lipinski definition) is 2. The smallest absolute Gasteiger partial charge is 0.103 e. The van der Waals surface area contributed by atoms with Crippen LogP contribution in [0.1, 0.15) is 30.9 Å². The summed E-state index contributed by atoms with van der Waals surface area (Å²) in [6.07, 6.45) is 1.60. The molecule has 0 spiro atoms. The molecule has 0 fully saturated rings. The number of aryl methyl sites for hydroxylation is 1. The summed E-state index contributed by atoms with van der Waals surface area (Å²) in [5, 5.41) is 13.1. The van der Waals surface area contributed by atoms with Crippen LogP contribution in [0, 0.1) is 11.3 Å². The van der Waals surface area contributed by atoms with E-state index in [9.17, 15) is 0 Å². The zero-order chi connectivity index (χ0) is 12.4. The van der Waals surface area contributed by atoms with E-state index in [1.807, 2.05) is 19.2 Å². The van der Waals surface area contributed by atoms with Crippen molar-refractivity contribution in [1.82, 2.24) is 9.78 Å². The molecule has 0 aliphatic heterocycles. The lowest BCUT2D eigenvalue weighted by Crippen LogP contribution is -1.95. The maximum Gasteiger partial charge on any atom is 0.103 e. The first-order chi connectivity index (χ1) is 8.13. The predicted molar refractivity (Wildman–Crippen MR) is 67.4 cm³/mol. The molecule has 0 atom stereocenters. The largest absolute Gasteiger partial charge is 0.267 e. The Hall–Kier alpha value is -2.08. The minimum atomic E-state index is 0.519. The molecule has 0 saturated heterocycles. The molecule has 0 radical (unpaired) electrons. The van der Waals surface area contributed by atoms with Gasteiger partial charge in [0, 0.05) is 12.6 Å². The zero-order valence-electron chi connectivity index (χ0n) is 10.3. The second kappa shape index (κ2) is 4.42. The molecule has 3 heteroatoms. The summed E-state index contributed by atoms with van der Waals surface area (Å²) >= 11 is 0. The van der Waals surface area contributed by atoms with Crippen molar-refractivity contribution in [1.29, 1.82) is 5.26 Å². The number of benzene rings is 1. The van der Waals surface area contributed by atoms with E-state index >= 15 is 0 Å². The van der Waals surface area contributed by atoms with E-state index < -0.39 is 0 Å². The highest BCUT2D eigenvalue weighted by molar-refractivity contribution is 5.66. The van der Waals surface area contributed by atoms with Gasteiger partial charge in [-0.15, -0.1) is 0 Å². The third kappa shape index (κ3) is 2.07. The molecular weight excluding hydrogens is 210 g/mol. The van der Waals surface area contributed by atoms with Crippen molar-refractivity contribution in [2.45, 2.75) is 19.8 Å². The molecule has 2 rings (SSSR count). The molecule has 0 N–H and O–H groups in total. The normalized spacial score (nSPS) is 10.5. The van der Waals surface area contributed by atoms with E-state index in [0.29, 0.717) is 11.5 Å². The standard InChI is InChI=1S/C14H15N3/c1-10(2)11-4-6-12(7-5-11)14-13(8-15)9-16-17(14)3/h4-7,9-10H,1-3H3. The van der Waals surface area contributed by atoms with Gasteiger partial charge in [0.05, 0.1) is 17.5 Å². The van der Waals surface area contributed by atoms with Crippen LogP contribution in [0.15, 0.2) is 30.5 Å². The van der Waals surface area contributed by atoms with Crippen molar-refractivity contribution >= 4 is 0 Å². The topological polar surface area (TPSA) is 41.6 Å². The predicted octanol–water partition coefficient (Wildman–Crippen LogP) is 3.08. The first-order valence-corrected chi connectivity index (χ1v) is 5.66. The number of nitrogens with zero attached hydrogens (tertiary/aromatic N) is 3. The molecule has 0 bridgehead atoms. The number of nitriles is 1. The van der Waals surface area contributed by atoms with Gasteiger partial charge in [0.25, 0.3) is 0 Å². The minimum absolute atomic E-state index is 0.519. The minimum Gasteiger partial charge on any atom is -0.267 e. The molecule has 2 aromatic rings. The Balaban J connectivity index is 2.47. The van der Waals surface area contributed by atoms with Gasteiger partial charge >= 0.3 is 0 Å². The molecule has 0 aliphatic rings. The van der Waals surface area contributed by atoms with Gasteiger partial charge in [-0.3, -0.25) is 4.68 Å². The van der Waals surface area contributed by atoms with E-state index in [4.69, 9.17) is 5.26 Å². The van der Waals surface area contributed by atoms with Gasteiger partial charge in [-0.2, -0.15) is 10.4 Å². The zero-order valence-corrected chi connectivity index (χ0v) is 10.3. The lowest BCUT2D eigenvalue weighted by Gasteiger charge is -2.07. The van der Waals surface area contributed by atoms with Gasteiger partial charge in [-0.1, -0.05) is 38.1 Å². The molecule has 1 aromatic carbocycles. The van der Waals surface area contributed by atoms with Gasteiger partial charge in [-0.25, -0.2) is 0 Å². The Labute approximate surface area is 101 Å². The van der Waals surface area contributed by atoms with Crippen LogP contribution in [0.3, 0.4) is 0 Å². The Bertz CT molecular complexity index is 556. The molecular formula is C14H15N3. The molecule has 17 heavy (non-hydrogen) atoms. The summed E-state index contributed by atoms with van der Waals surface area (Å²) in [6.45, 7) is 4.33. The van der Waals surface area contributed by atoms with Crippen molar-refractivity contribution < 1.29 is 0 Å². The summed E-state index contributed by atoms with van der Waals surface area (Å²) in [5.41, 5.74) is 3.83. The lowest BCUT2D eigenvalue weighted by molar-refractivity contribution is 0.775. The summed E-state index contributed by atoms with van der Waals surface area (Å²) in [4.78, 5) is 0. The van der Waals surface area contributed by atoms with E-state index in [-0.39, 0.29) is 0 Å². The highest BCUT2D eigenvalue weighted by Crippen LogP contribution is 2.24. The van der Waals surface area contributed by atoms with Crippen molar-refractivity contribution in [3.8, 4) is 17.3 Å². The van der Waals surface area contributed by atoms with Crippen LogP contribution in [0.25, 0.3) is 11.3 Å². The Morgan fingerprint density at radius 2 is 1.88 bits per heavy atom. The fraction of sp³-hybridized carbons (Fsp3) is 0.286. The molecule has 0 saturated carbocycles. The fourth-order valence-electron chi connectivity index (χ4n) is 1.89. The third-order valence-corrected chi connectivity index (χ3v) is 2.91. The highest BCUT2D eigenvalue weighted by Gasteiger charge is 2.10. The second-order valence-electron chi connectivity index (χ2n) is 4.42. The van der Waals surface area contributed by atoms with Crippen LogP contribution >= 0.6 is 0 Å². The van der Waals surface area contributed by atoms with Gasteiger partial charge < -0.3 is 0 Å². The summed E-state index contributed by atoms with van der Waals surface area (Å²) in [6, 6.07) is 10.5. The van der Waals surface area contributed by atoms with Gasteiger partial charge in [0.2, 0.25) is 0 Å². The van der Waals surface area contributed by atoms with Crippen LogP contribution in [0.5, 0.6) is 0 Å². The summed E-state index contributed by atoms with van der Waals surface area (Å²) < 4.78 is 1.74. The van der Waals surface area contributed by atoms with Crippen molar-refractivity contribution in [3.63, 3.8) is 0 Å². The Kier molecular flexibility index (Phi) is 2.97. The van der Waals surface area contributed by atoms with Crippen LogP contribution in [-0.4, -0.2) is 9.78 Å². The number of rotatable bonds is 2. The maximum atomic E-state index is 9.03. The Morgan fingerprint density at radius 3 is 2.41 bits per heavy atom. The monoisotopic (exact) mass is 225 g/mol. The van der Waals surface area contributed by atoms with Crippen molar-refractivity contribution in [2.24, 2.45) is 7.05 Å². The average molecular weight is 225 g/mol. The van der Waals surface area contributed by atoms with E-state index in [0.717, 1.165) is 11.3 Å². The first kappa shape index (κ1) is 11.4. The van der Waals surface area contributed by atoms with Crippen molar-refractivity contribution in [2.75, 3.05) is 0 Å². The van der Waals surface area contributed by atoms with E-state index in [1.54, 1.807) is 10.9 Å². The molecule has 0 aliphatic carbocycles. The van der Waals surface area contributed by atoms with Gasteiger partial charge in [0.1, 0.15) is 6.07 Å². The van der Waals surface area contributed by atoms with Crippen LogP contribution in [0.2, 0.25) is 0 Å². The molecule has 1 heterocycles. The molecule has 1 aromatic heterocycles. The quantitative estimate of drug-likeness (QED) is 0.788. The van der Waals surface area contributed by atoms with E-state index in [1.165, 1.54) is 5.56 Å². The number of hydrogen-bond donors (Lipinski definition) is 0. The second-order valence-corrected chi connectivity index (χ2v) is 4.42. The molecule has 0 amide bonds. The average Bonchev–Trinajstić information content (AvgIpc) is 2.70. The number of aromatic nitrogens is 2. The highest BCUT2D eigenvalue weighted by atomic mass is 15.3. The van der Waals surface area contributed by atoms with Gasteiger partial charge in [0.15, 0.2) is 0 Å². The molecule has 3 nitrogen and oxygen atoms in total. The maximum absolute atomic E-state index is 9.03. The third-order valence-electron chi connectivity index (χ3n) is 2.91. The SMILES string of the molecule is CC(C)c1ccc(-c2c(C#N)cnn2C)cc1. The van der Waals surface area contributed by atoms with Crippen LogP contribution in [-0.2, 0) is 7.05 Å². The van der Waals surface area contributed by atoms with Crippen LogP contribution in [0.4, 0.5) is 0 Å². The fourth-order valence-corrected chi connectivity index (χ4v) is 1.89. The van der Waals surface area contributed by atoms with E-state index in [2.05, 4.69) is 37.1 Å².